The number of thioether (sulfide) groups is 1. The molecule has 8 heteroatoms. The second-order valence-electron chi connectivity index (χ2n) is 6.07. The molecule has 0 bridgehead atoms. The summed E-state index contributed by atoms with van der Waals surface area (Å²) in [6.45, 7) is 1.98. The first-order valence-electron chi connectivity index (χ1n) is 8.16. The van der Waals surface area contributed by atoms with Crippen molar-refractivity contribution in [1.29, 1.82) is 0 Å². The summed E-state index contributed by atoms with van der Waals surface area (Å²) in [5, 5.41) is 17.6. The number of hydrogen-bond donors (Lipinski definition) is 1. The highest BCUT2D eigenvalue weighted by Crippen LogP contribution is 2.33. The summed E-state index contributed by atoms with van der Waals surface area (Å²) >= 11 is 1.79. The first kappa shape index (κ1) is 15.3. The minimum atomic E-state index is 0.459. The number of aryl methyl sites for hydroxylation is 1. The van der Waals surface area contributed by atoms with Gasteiger partial charge in [-0.2, -0.15) is 9.61 Å². The molecule has 0 aliphatic heterocycles. The van der Waals surface area contributed by atoms with E-state index in [0.717, 1.165) is 47.9 Å². The van der Waals surface area contributed by atoms with E-state index in [-0.39, 0.29) is 0 Å². The molecule has 3 aromatic rings. The van der Waals surface area contributed by atoms with Crippen LogP contribution < -0.4 is 5.32 Å². The molecule has 1 saturated carbocycles. The average Bonchev–Trinajstić information content (AvgIpc) is 3.06. The summed E-state index contributed by atoms with van der Waals surface area (Å²) < 4.78 is 1.73. The predicted molar refractivity (Wildman–Crippen MR) is 93.1 cm³/mol. The molecule has 7 nitrogen and oxygen atoms in total. The molecule has 0 saturated heterocycles. The molecule has 0 unspecified atom stereocenters. The molecule has 0 amide bonds. The van der Waals surface area contributed by atoms with E-state index in [1.807, 2.05) is 19.1 Å². The van der Waals surface area contributed by atoms with Crippen molar-refractivity contribution in [1.82, 2.24) is 29.8 Å². The first-order chi connectivity index (χ1) is 11.8. The van der Waals surface area contributed by atoms with Crippen LogP contribution in [0.5, 0.6) is 0 Å². The SMILES string of the molecule is Cc1cc(NC2CCC(Sc3ncccn3)CC2)c2nncn2n1. The van der Waals surface area contributed by atoms with Crippen LogP contribution >= 0.6 is 11.8 Å². The highest BCUT2D eigenvalue weighted by molar-refractivity contribution is 7.99. The van der Waals surface area contributed by atoms with E-state index in [4.69, 9.17) is 0 Å². The van der Waals surface area contributed by atoms with Crippen LogP contribution in [0.2, 0.25) is 0 Å². The van der Waals surface area contributed by atoms with Crippen LogP contribution in [-0.2, 0) is 0 Å². The van der Waals surface area contributed by atoms with Gasteiger partial charge in [0.05, 0.1) is 11.4 Å². The third kappa shape index (κ3) is 3.33. The summed E-state index contributed by atoms with van der Waals surface area (Å²) in [5.74, 6) is 0. The molecule has 0 aromatic carbocycles. The van der Waals surface area contributed by atoms with Crippen molar-refractivity contribution in [2.45, 2.75) is 49.1 Å². The van der Waals surface area contributed by atoms with Crippen molar-refractivity contribution in [2.24, 2.45) is 0 Å². The fraction of sp³-hybridized carbons (Fsp3) is 0.438. The molecule has 1 aliphatic rings. The van der Waals surface area contributed by atoms with Crippen LogP contribution in [0.1, 0.15) is 31.4 Å². The van der Waals surface area contributed by atoms with Crippen molar-refractivity contribution < 1.29 is 0 Å². The molecule has 3 heterocycles. The van der Waals surface area contributed by atoms with E-state index in [9.17, 15) is 0 Å². The van der Waals surface area contributed by atoms with Gasteiger partial charge in [0.1, 0.15) is 6.33 Å². The van der Waals surface area contributed by atoms with Gasteiger partial charge in [-0.1, -0.05) is 11.8 Å². The van der Waals surface area contributed by atoms with Crippen LogP contribution in [-0.4, -0.2) is 41.1 Å². The van der Waals surface area contributed by atoms with Crippen molar-refractivity contribution in [2.75, 3.05) is 5.32 Å². The Morgan fingerprint density at radius 3 is 2.75 bits per heavy atom. The van der Waals surface area contributed by atoms with Crippen molar-refractivity contribution in [3.05, 3.63) is 36.5 Å². The summed E-state index contributed by atoms with van der Waals surface area (Å²) in [4.78, 5) is 8.62. The van der Waals surface area contributed by atoms with Gasteiger partial charge < -0.3 is 5.32 Å². The van der Waals surface area contributed by atoms with Crippen molar-refractivity contribution >= 4 is 23.1 Å². The number of hydrogen-bond acceptors (Lipinski definition) is 7. The molecule has 124 valence electrons. The van der Waals surface area contributed by atoms with Gasteiger partial charge in [-0.25, -0.2) is 9.97 Å². The van der Waals surface area contributed by atoms with Gasteiger partial charge in [0.2, 0.25) is 5.65 Å². The Labute approximate surface area is 144 Å². The van der Waals surface area contributed by atoms with Gasteiger partial charge in [-0.05, 0) is 44.7 Å². The Morgan fingerprint density at radius 2 is 1.96 bits per heavy atom. The summed E-state index contributed by atoms with van der Waals surface area (Å²) in [5.41, 5.74) is 2.76. The lowest BCUT2D eigenvalue weighted by atomic mass is 9.95. The molecule has 1 N–H and O–H groups in total. The highest BCUT2D eigenvalue weighted by atomic mass is 32.2. The van der Waals surface area contributed by atoms with Crippen molar-refractivity contribution in [3.8, 4) is 0 Å². The van der Waals surface area contributed by atoms with E-state index < -0.39 is 0 Å². The van der Waals surface area contributed by atoms with Crippen LogP contribution in [0.15, 0.2) is 36.0 Å². The molecule has 0 spiro atoms. The molecular formula is C16H19N7S. The minimum Gasteiger partial charge on any atom is -0.379 e. The number of rotatable bonds is 4. The minimum absolute atomic E-state index is 0.459. The normalized spacial score (nSPS) is 21.0. The lowest BCUT2D eigenvalue weighted by Crippen LogP contribution is -2.27. The van der Waals surface area contributed by atoms with Gasteiger partial charge >= 0.3 is 0 Å². The molecule has 4 rings (SSSR count). The van der Waals surface area contributed by atoms with Gasteiger partial charge in [0.25, 0.3) is 0 Å². The zero-order valence-corrected chi connectivity index (χ0v) is 14.3. The highest BCUT2D eigenvalue weighted by Gasteiger charge is 2.23. The summed E-state index contributed by atoms with van der Waals surface area (Å²) in [6.07, 6.45) is 9.83. The fourth-order valence-electron chi connectivity index (χ4n) is 3.10. The number of nitrogens with zero attached hydrogens (tertiary/aromatic N) is 6. The maximum Gasteiger partial charge on any atom is 0.200 e. The zero-order valence-electron chi connectivity index (χ0n) is 13.5. The average molecular weight is 341 g/mol. The van der Waals surface area contributed by atoms with E-state index in [1.54, 1.807) is 35.0 Å². The quantitative estimate of drug-likeness (QED) is 0.731. The van der Waals surface area contributed by atoms with Gasteiger partial charge in [-0.3, -0.25) is 0 Å². The fourth-order valence-corrected chi connectivity index (χ4v) is 4.15. The van der Waals surface area contributed by atoms with Crippen LogP contribution in [0.25, 0.3) is 5.65 Å². The molecule has 1 aliphatic carbocycles. The number of nitrogens with one attached hydrogen (secondary N) is 1. The van der Waals surface area contributed by atoms with E-state index in [2.05, 4.69) is 30.6 Å². The standard InChI is InChI=1S/C16H19N7S/c1-11-9-14(15-21-19-10-23(15)22-11)20-12-3-5-13(6-4-12)24-16-17-7-2-8-18-16/h2,7-10,12-13,20H,3-6H2,1H3. The Kier molecular flexibility index (Phi) is 4.29. The van der Waals surface area contributed by atoms with E-state index in [1.165, 1.54) is 0 Å². The van der Waals surface area contributed by atoms with E-state index in [0.29, 0.717) is 11.3 Å². The van der Waals surface area contributed by atoms with Crippen LogP contribution in [0.4, 0.5) is 5.69 Å². The molecule has 24 heavy (non-hydrogen) atoms. The van der Waals surface area contributed by atoms with Crippen LogP contribution in [0, 0.1) is 6.92 Å². The lowest BCUT2D eigenvalue weighted by Gasteiger charge is -2.29. The molecular weight excluding hydrogens is 322 g/mol. The maximum atomic E-state index is 4.38. The second-order valence-corrected chi connectivity index (χ2v) is 7.33. The lowest BCUT2D eigenvalue weighted by molar-refractivity contribution is 0.472. The van der Waals surface area contributed by atoms with E-state index >= 15 is 0 Å². The third-order valence-corrected chi connectivity index (χ3v) is 5.46. The first-order valence-corrected chi connectivity index (χ1v) is 9.04. The molecule has 1 fully saturated rings. The number of aromatic nitrogens is 6. The predicted octanol–water partition coefficient (Wildman–Crippen LogP) is 2.74. The summed E-state index contributed by atoms with van der Waals surface area (Å²) in [7, 11) is 0. The molecule has 0 radical (unpaired) electrons. The Balaban J connectivity index is 1.38. The number of fused-ring (bicyclic) bond motifs is 1. The topological polar surface area (TPSA) is 80.9 Å². The summed E-state index contributed by atoms with van der Waals surface area (Å²) in [6, 6.07) is 4.36. The largest absolute Gasteiger partial charge is 0.379 e. The Bertz CT molecular complexity index is 812. The van der Waals surface area contributed by atoms with Gasteiger partial charge in [0, 0.05) is 23.7 Å². The van der Waals surface area contributed by atoms with Gasteiger partial charge in [0.15, 0.2) is 5.16 Å². The molecule has 3 aromatic heterocycles. The smallest absolute Gasteiger partial charge is 0.200 e. The van der Waals surface area contributed by atoms with Crippen molar-refractivity contribution in [3.63, 3.8) is 0 Å². The monoisotopic (exact) mass is 341 g/mol. The Morgan fingerprint density at radius 1 is 1.17 bits per heavy atom. The number of anilines is 1. The third-order valence-electron chi connectivity index (χ3n) is 4.24. The maximum absolute atomic E-state index is 4.38. The molecule has 0 atom stereocenters. The Hall–Kier alpha value is -2.22. The van der Waals surface area contributed by atoms with Gasteiger partial charge in [-0.15, -0.1) is 10.2 Å². The van der Waals surface area contributed by atoms with Crippen LogP contribution in [0.3, 0.4) is 0 Å². The second kappa shape index (κ2) is 6.72. The zero-order chi connectivity index (χ0) is 16.4.